The molecule has 1 aromatic rings. The predicted molar refractivity (Wildman–Crippen MR) is 67.5 cm³/mol. The molecule has 1 heterocycles. The summed E-state index contributed by atoms with van der Waals surface area (Å²) in [6, 6.07) is 1.92. The molecule has 5 heteroatoms. The Morgan fingerprint density at radius 3 is 2.44 bits per heavy atom. The summed E-state index contributed by atoms with van der Waals surface area (Å²) in [6.45, 7) is 5.05. The van der Waals surface area contributed by atoms with Crippen molar-refractivity contribution in [1.29, 1.82) is 0 Å². The van der Waals surface area contributed by atoms with Gasteiger partial charge in [-0.25, -0.2) is 15.0 Å². The van der Waals surface area contributed by atoms with Crippen molar-refractivity contribution in [2.24, 2.45) is 0 Å². The molecule has 0 unspecified atom stereocenters. The van der Waals surface area contributed by atoms with Gasteiger partial charge < -0.3 is 10.7 Å². The van der Waals surface area contributed by atoms with Crippen LogP contribution in [0, 0.1) is 0 Å². The fourth-order valence-corrected chi connectivity index (χ4v) is 1.39. The van der Waals surface area contributed by atoms with E-state index in [4.69, 9.17) is 0 Å². The molecule has 0 amide bonds. The molecule has 16 heavy (non-hydrogen) atoms. The van der Waals surface area contributed by atoms with Crippen molar-refractivity contribution in [2.75, 3.05) is 31.4 Å². The average molecular weight is 223 g/mol. The van der Waals surface area contributed by atoms with Crippen LogP contribution in [0.1, 0.15) is 26.1 Å². The molecule has 0 fully saturated rings. The second kappa shape index (κ2) is 6.27. The smallest absolute Gasteiger partial charge is 0.146 e. The first-order valence-electron chi connectivity index (χ1n) is 5.71. The molecule has 5 nitrogen and oxygen atoms in total. The summed E-state index contributed by atoms with van der Waals surface area (Å²) in [5, 5.41) is 5.08. The van der Waals surface area contributed by atoms with Gasteiger partial charge in [-0.1, -0.05) is 6.92 Å². The van der Waals surface area contributed by atoms with Crippen molar-refractivity contribution in [3.05, 3.63) is 11.9 Å². The van der Waals surface area contributed by atoms with E-state index in [2.05, 4.69) is 34.6 Å². The Bertz CT molecular complexity index is 300. The third kappa shape index (κ3) is 4.02. The van der Waals surface area contributed by atoms with Crippen LogP contribution in [0.4, 0.5) is 11.6 Å². The van der Waals surface area contributed by atoms with Gasteiger partial charge in [0.15, 0.2) is 0 Å². The lowest BCUT2D eigenvalue weighted by atomic mass is 10.3. The standard InChI is InChI=1S/C11H21N5/c1-5-7-9-13-10(12-6-2)8-11(14-9)15-16(3)4/h8H,5-7H2,1-4H3,(H2,12,13,14,15). The lowest BCUT2D eigenvalue weighted by Crippen LogP contribution is -2.21. The van der Waals surface area contributed by atoms with E-state index in [9.17, 15) is 0 Å². The second-order valence-corrected chi connectivity index (χ2v) is 3.84. The quantitative estimate of drug-likeness (QED) is 0.720. The number of nitrogens with one attached hydrogen (secondary N) is 2. The zero-order valence-electron chi connectivity index (χ0n) is 10.5. The third-order valence-corrected chi connectivity index (χ3v) is 1.94. The topological polar surface area (TPSA) is 53.1 Å². The number of anilines is 2. The van der Waals surface area contributed by atoms with Crippen molar-refractivity contribution in [3.8, 4) is 0 Å². The van der Waals surface area contributed by atoms with Gasteiger partial charge in [0, 0.05) is 33.1 Å². The first-order chi connectivity index (χ1) is 7.65. The molecule has 0 aliphatic rings. The van der Waals surface area contributed by atoms with Gasteiger partial charge in [0.05, 0.1) is 0 Å². The van der Waals surface area contributed by atoms with Gasteiger partial charge in [0.1, 0.15) is 17.5 Å². The fourth-order valence-electron chi connectivity index (χ4n) is 1.39. The highest BCUT2D eigenvalue weighted by atomic mass is 15.5. The maximum atomic E-state index is 4.44. The Labute approximate surface area is 97.3 Å². The molecule has 0 aromatic carbocycles. The van der Waals surface area contributed by atoms with Crippen LogP contribution in [0.25, 0.3) is 0 Å². The minimum absolute atomic E-state index is 0.833. The molecule has 0 aliphatic heterocycles. The number of hydrogen-bond donors (Lipinski definition) is 2. The van der Waals surface area contributed by atoms with Crippen molar-refractivity contribution in [3.63, 3.8) is 0 Å². The highest BCUT2D eigenvalue weighted by Gasteiger charge is 2.03. The van der Waals surface area contributed by atoms with Crippen molar-refractivity contribution >= 4 is 11.6 Å². The van der Waals surface area contributed by atoms with E-state index in [0.29, 0.717) is 0 Å². The van der Waals surface area contributed by atoms with Crippen molar-refractivity contribution in [1.82, 2.24) is 15.0 Å². The summed E-state index contributed by atoms with van der Waals surface area (Å²) < 4.78 is 0. The Morgan fingerprint density at radius 1 is 1.19 bits per heavy atom. The molecule has 1 rings (SSSR count). The second-order valence-electron chi connectivity index (χ2n) is 3.84. The lowest BCUT2D eigenvalue weighted by molar-refractivity contribution is 0.491. The van der Waals surface area contributed by atoms with Crippen LogP contribution in [-0.4, -0.2) is 35.6 Å². The fraction of sp³-hybridized carbons (Fsp3) is 0.636. The number of rotatable bonds is 6. The summed E-state index contributed by atoms with van der Waals surface area (Å²) in [7, 11) is 3.88. The minimum Gasteiger partial charge on any atom is -0.370 e. The van der Waals surface area contributed by atoms with E-state index in [-0.39, 0.29) is 0 Å². The van der Waals surface area contributed by atoms with E-state index >= 15 is 0 Å². The number of nitrogens with zero attached hydrogens (tertiary/aromatic N) is 3. The van der Waals surface area contributed by atoms with Crippen LogP contribution in [-0.2, 0) is 6.42 Å². The number of aromatic nitrogens is 2. The SMILES string of the molecule is CCCc1nc(NCC)cc(NN(C)C)n1. The zero-order valence-corrected chi connectivity index (χ0v) is 10.5. The van der Waals surface area contributed by atoms with Gasteiger partial charge in [-0.2, -0.15) is 0 Å². The van der Waals surface area contributed by atoms with Crippen LogP contribution in [0.2, 0.25) is 0 Å². The summed E-state index contributed by atoms with van der Waals surface area (Å²) in [5.41, 5.74) is 3.14. The monoisotopic (exact) mass is 223 g/mol. The van der Waals surface area contributed by atoms with Crippen LogP contribution >= 0.6 is 0 Å². The van der Waals surface area contributed by atoms with Gasteiger partial charge in [-0.05, 0) is 13.3 Å². The first kappa shape index (κ1) is 12.7. The highest BCUT2D eigenvalue weighted by Crippen LogP contribution is 2.12. The van der Waals surface area contributed by atoms with Crippen LogP contribution in [0.5, 0.6) is 0 Å². The van der Waals surface area contributed by atoms with E-state index < -0.39 is 0 Å². The molecule has 0 bridgehead atoms. The Morgan fingerprint density at radius 2 is 1.88 bits per heavy atom. The molecule has 2 N–H and O–H groups in total. The van der Waals surface area contributed by atoms with Gasteiger partial charge in [-0.15, -0.1) is 0 Å². The van der Waals surface area contributed by atoms with E-state index in [1.54, 1.807) is 0 Å². The molecule has 0 aliphatic carbocycles. The van der Waals surface area contributed by atoms with Crippen LogP contribution in [0.3, 0.4) is 0 Å². The molecule has 0 radical (unpaired) electrons. The van der Waals surface area contributed by atoms with E-state index in [0.717, 1.165) is 36.8 Å². The van der Waals surface area contributed by atoms with Gasteiger partial charge in [-0.3, -0.25) is 0 Å². The molecule has 0 atom stereocenters. The maximum Gasteiger partial charge on any atom is 0.146 e. The summed E-state index contributed by atoms with van der Waals surface area (Å²) >= 11 is 0. The van der Waals surface area contributed by atoms with Crippen molar-refractivity contribution in [2.45, 2.75) is 26.7 Å². The van der Waals surface area contributed by atoms with Crippen molar-refractivity contribution < 1.29 is 0 Å². The summed E-state index contributed by atoms with van der Waals surface area (Å²) in [5.74, 6) is 2.59. The van der Waals surface area contributed by atoms with Gasteiger partial charge in [0.25, 0.3) is 0 Å². The minimum atomic E-state index is 0.833. The molecule has 90 valence electrons. The molecule has 0 saturated carbocycles. The highest BCUT2D eigenvalue weighted by molar-refractivity contribution is 5.46. The van der Waals surface area contributed by atoms with E-state index in [1.807, 2.05) is 25.2 Å². The van der Waals surface area contributed by atoms with Crippen LogP contribution < -0.4 is 10.7 Å². The van der Waals surface area contributed by atoms with E-state index in [1.165, 1.54) is 0 Å². The largest absolute Gasteiger partial charge is 0.370 e. The normalized spacial score (nSPS) is 10.6. The Kier molecular flexibility index (Phi) is 4.98. The average Bonchev–Trinajstić information content (AvgIpc) is 2.17. The number of hydrogen-bond acceptors (Lipinski definition) is 5. The first-order valence-corrected chi connectivity index (χ1v) is 5.71. The Hall–Kier alpha value is -1.36. The molecule has 0 saturated heterocycles. The van der Waals surface area contributed by atoms with Gasteiger partial charge >= 0.3 is 0 Å². The maximum absolute atomic E-state index is 4.44. The predicted octanol–water partition coefficient (Wildman–Crippen LogP) is 1.75. The molecular formula is C11H21N5. The number of aryl methyl sites for hydroxylation is 1. The number of hydrazine groups is 1. The van der Waals surface area contributed by atoms with Crippen LogP contribution in [0.15, 0.2) is 6.07 Å². The molecule has 0 spiro atoms. The molecular weight excluding hydrogens is 202 g/mol. The van der Waals surface area contributed by atoms with Gasteiger partial charge in [0.2, 0.25) is 0 Å². The Balaban J connectivity index is 2.88. The summed E-state index contributed by atoms with van der Waals surface area (Å²) in [6.07, 6.45) is 1.96. The zero-order chi connectivity index (χ0) is 12.0. The molecule has 1 aromatic heterocycles. The third-order valence-electron chi connectivity index (χ3n) is 1.94. The lowest BCUT2D eigenvalue weighted by Gasteiger charge is -2.14. The summed E-state index contributed by atoms with van der Waals surface area (Å²) in [4.78, 5) is 8.88.